The van der Waals surface area contributed by atoms with E-state index >= 15 is 0 Å². The molecule has 0 heterocycles. The second-order valence-electron chi connectivity index (χ2n) is 3.61. The number of ether oxygens (including phenoxy) is 2. The first-order valence-corrected chi connectivity index (χ1v) is 7.03. The van der Waals surface area contributed by atoms with E-state index in [4.69, 9.17) is 15.2 Å². The molecule has 1 rings (SSSR count). The summed E-state index contributed by atoms with van der Waals surface area (Å²) in [4.78, 5) is 11.8. The molecule has 0 fully saturated rings. The lowest BCUT2D eigenvalue weighted by molar-refractivity contribution is 0.0503. The Morgan fingerprint density at radius 3 is 2.89 bits per heavy atom. The standard InChI is InChI=1S/C13H19NO3S/c1-3-18-9-5-8-17-13(15)10-6-4-7-11(14)12(10)16-2/h4,6-7H,3,5,8-9,14H2,1-2H3. The molecule has 0 saturated heterocycles. The molecule has 0 amide bonds. The summed E-state index contributed by atoms with van der Waals surface area (Å²) < 4.78 is 10.3. The predicted molar refractivity (Wildman–Crippen MR) is 75.3 cm³/mol. The molecular weight excluding hydrogens is 250 g/mol. The van der Waals surface area contributed by atoms with Crippen molar-refractivity contribution in [3.63, 3.8) is 0 Å². The molecule has 1 aromatic rings. The molecule has 0 aromatic heterocycles. The lowest BCUT2D eigenvalue weighted by Crippen LogP contribution is -2.09. The number of hydrogen-bond donors (Lipinski definition) is 1. The van der Waals surface area contributed by atoms with Crippen molar-refractivity contribution in [2.75, 3.05) is 31.0 Å². The van der Waals surface area contributed by atoms with E-state index in [1.165, 1.54) is 7.11 Å². The van der Waals surface area contributed by atoms with Crippen LogP contribution in [-0.4, -0.2) is 31.2 Å². The molecule has 18 heavy (non-hydrogen) atoms. The van der Waals surface area contributed by atoms with Crippen LogP contribution in [0, 0.1) is 0 Å². The molecule has 0 spiro atoms. The molecule has 0 aliphatic heterocycles. The second-order valence-corrected chi connectivity index (χ2v) is 5.01. The largest absolute Gasteiger partial charge is 0.494 e. The summed E-state index contributed by atoms with van der Waals surface area (Å²) in [5.74, 6) is 2.07. The van der Waals surface area contributed by atoms with Gasteiger partial charge in [0.25, 0.3) is 0 Å². The van der Waals surface area contributed by atoms with E-state index in [0.29, 0.717) is 23.6 Å². The average molecular weight is 269 g/mol. The van der Waals surface area contributed by atoms with Gasteiger partial charge in [-0.05, 0) is 30.1 Å². The number of benzene rings is 1. The Bertz CT molecular complexity index is 396. The maximum atomic E-state index is 11.8. The van der Waals surface area contributed by atoms with E-state index in [2.05, 4.69) is 6.92 Å². The maximum absolute atomic E-state index is 11.8. The Morgan fingerprint density at radius 1 is 1.44 bits per heavy atom. The van der Waals surface area contributed by atoms with Gasteiger partial charge in [-0.2, -0.15) is 11.8 Å². The maximum Gasteiger partial charge on any atom is 0.342 e. The summed E-state index contributed by atoms with van der Waals surface area (Å²) in [6.07, 6.45) is 0.856. The van der Waals surface area contributed by atoms with Crippen LogP contribution in [0.5, 0.6) is 5.75 Å². The summed E-state index contributed by atoms with van der Waals surface area (Å²) in [5.41, 5.74) is 6.54. The molecule has 2 N–H and O–H groups in total. The number of para-hydroxylation sites is 1. The van der Waals surface area contributed by atoms with Gasteiger partial charge in [-0.3, -0.25) is 0 Å². The van der Waals surface area contributed by atoms with E-state index in [1.807, 2.05) is 11.8 Å². The van der Waals surface area contributed by atoms with E-state index in [0.717, 1.165) is 17.9 Å². The van der Waals surface area contributed by atoms with Crippen molar-refractivity contribution >= 4 is 23.4 Å². The highest BCUT2D eigenvalue weighted by molar-refractivity contribution is 7.99. The fourth-order valence-electron chi connectivity index (χ4n) is 1.49. The van der Waals surface area contributed by atoms with E-state index in [1.54, 1.807) is 18.2 Å². The Morgan fingerprint density at radius 2 is 2.22 bits per heavy atom. The van der Waals surface area contributed by atoms with Crippen LogP contribution in [0.25, 0.3) is 0 Å². The van der Waals surface area contributed by atoms with Crippen molar-refractivity contribution in [3.05, 3.63) is 23.8 Å². The third-order valence-electron chi connectivity index (χ3n) is 2.34. The fraction of sp³-hybridized carbons (Fsp3) is 0.462. The number of nitrogen functional groups attached to an aromatic ring is 1. The van der Waals surface area contributed by atoms with Crippen LogP contribution in [0.1, 0.15) is 23.7 Å². The SMILES string of the molecule is CCSCCCOC(=O)c1cccc(N)c1OC. The highest BCUT2D eigenvalue weighted by Gasteiger charge is 2.15. The summed E-state index contributed by atoms with van der Waals surface area (Å²) in [5, 5.41) is 0. The number of carbonyl (C=O) groups excluding carboxylic acids is 1. The molecule has 0 bridgehead atoms. The van der Waals surface area contributed by atoms with Crippen LogP contribution < -0.4 is 10.5 Å². The zero-order chi connectivity index (χ0) is 13.4. The first-order valence-electron chi connectivity index (χ1n) is 5.88. The molecular formula is C13H19NO3S. The molecule has 4 nitrogen and oxygen atoms in total. The van der Waals surface area contributed by atoms with Crippen LogP contribution in [-0.2, 0) is 4.74 Å². The molecule has 0 aliphatic carbocycles. The molecule has 0 unspecified atom stereocenters. The normalized spacial score (nSPS) is 10.1. The van der Waals surface area contributed by atoms with Gasteiger partial charge in [0.05, 0.1) is 19.4 Å². The van der Waals surface area contributed by atoms with Gasteiger partial charge in [0.1, 0.15) is 5.56 Å². The molecule has 0 radical (unpaired) electrons. The van der Waals surface area contributed by atoms with Crippen molar-refractivity contribution in [2.45, 2.75) is 13.3 Å². The zero-order valence-corrected chi connectivity index (χ0v) is 11.6. The zero-order valence-electron chi connectivity index (χ0n) is 10.8. The van der Waals surface area contributed by atoms with Crippen LogP contribution in [0.15, 0.2) is 18.2 Å². The molecule has 0 atom stereocenters. The van der Waals surface area contributed by atoms with Gasteiger partial charge in [0.2, 0.25) is 0 Å². The Kier molecular flexibility index (Phi) is 6.43. The van der Waals surface area contributed by atoms with Gasteiger partial charge in [0.15, 0.2) is 5.75 Å². The highest BCUT2D eigenvalue weighted by Crippen LogP contribution is 2.26. The summed E-state index contributed by atoms with van der Waals surface area (Å²) >= 11 is 1.83. The molecule has 0 saturated carbocycles. The van der Waals surface area contributed by atoms with E-state index in [9.17, 15) is 4.79 Å². The molecule has 100 valence electrons. The second kappa shape index (κ2) is 7.87. The number of methoxy groups -OCH3 is 1. The predicted octanol–water partition coefficient (Wildman–Crippen LogP) is 2.58. The highest BCUT2D eigenvalue weighted by atomic mass is 32.2. The number of nitrogens with two attached hydrogens (primary N) is 1. The smallest absolute Gasteiger partial charge is 0.342 e. The van der Waals surface area contributed by atoms with Gasteiger partial charge in [-0.25, -0.2) is 4.79 Å². The minimum atomic E-state index is -0.388. The van der Waals surface area contributed by atoms with Crippen LogP contribution in [0.3, 0.4) is 0 Å². The lowest BCUT2D eigenvalue weighted by Gasteiger charge is -2.10. The number of esters is 1. The number of rotatable bonds is 7. The van der Waals surface area contributed by atoms with Crippen LogP contribution in [0.4, 0.5) is 5.69 Å². The molecule has 1 aromatic carbocycles. The first-order chi connectivity index (χ1) is 8.70. The fourth-order valence-corrected chi connectivity index (χ4v) is 2.10. The first kappa shape index (κ1) is 14.7. The Hall–Kier alpha value is -1.36. The van der Waals surface area contributed by atoms with Crippen molar-refractivity contribution in [1.29, 1.82) is 0 Å². The summed E-state index contributed by atoms with van der Waals surface area (Å²) in [7, 11) is 1.49. The van der Waals surface area contributed by atoms with Gasteiger partial charge < -0.3 is 15.2 Å². The van der Waals surface area contributed by atoms with Gasteiger partial charge in [-0.1, -0.05) is 13.0 Å². The van der Waals surface area contributed by atoms with E-state index < -0.39 is 0 Å². The lowest BCUT2D eigenvalue weighted by atomic mass is 10.2. The van der Waals surface area contributed by atoms with Crippen molar-refractivity contribution in [2.24, 2.45) is 0 Å². The quantitative estimate of drug-likeness (QED) is 0.468. The molecule has 5 heteroatoms. The minimum absolute atomic E-state index is 0.376. The number of carbonyl (C=O) groups is 1. The Balaban J connectivity index is 2.54. The van der Waals surface area contributed by atoms with Gasteiger partial charge in [-0.15, -0.1) is 0 Å². The number of hydrogen-bond acceptors (Lipinski definition) is 5. The topological polar surface area (TPSA) is 61.5 Å². The number of anilines is 1. The third kappa shape index (κ3) is 4.14. The van der Waals surface area contributed by atoms with Crippen LogP contribution >= 0.6 is 11.8 Å². The third-order valence-corrected chi connectivity index (χ3v) is 3.33. The van der Waals surface area contributed by atoms with E-state index in [-0.39, 0.29) is 5.97 Å². The molecule has 0 aliphatic rings. The van der Waals surface area contributed by atoms with Crippen molar-refractivity contribution in [1.82, 2.24) is 0 Å². The van der Waals surface area contributed by atoms with Crippen molar-refractivity contribution in [3.8, 4) is 5.75 Å². The number of thioether (sulfide) groups is 1. The minimum Gasteiger partial charge on any atom is -0.494 e. The van der Waals surface area contributed by atoms with Crippen LogP contribution in [0.2, 0.25) is 0 Å². The summed E-state index contributed by atoms with van der Waals surface area (Å²) in [6, 6.07) is 5.05. The monoisotopic (exact) mass is 269 g/mol. The van der Waals surface area contributed by atoms with Crippen molar-refractivity contribution < 1.29 is 14.3 Å². The van der Waals surface area contributed by atoms with Gasteiger partial charge in [0, 0.05) is 0 Å². The summed E-state index contributed by atoms with van der Waals surface area (Å²) in [6.45, 7) is 2.53. The Labute approximate surface area is 112 Å². The van der Waals surface area contributed by atoms with Gasteiger partial charge >= 0.3 is 5.97 Å². The average Bonchev–Trinajstić information content (AvgIpc) is 2.38.